The van der Waals surface area contributed by atoms with E-state index in [1.807, 2.05) is 0 Å². The van der Waals surface area contributed by atoms with E-state index in [9.17, 15) is 0 Å². The molecule has 164 valence electrons. The standard InChI is InChI=1S/C9H20N2.2C8H14N/c1-9(2,3)11-6-5-10(4,7-11)8-11;2*1-8(2,3)9-6-4-5-7-9/h5-8H2,1-4H3;4,6-7H,5H2,1-3H3;4-6H,7H2,1-3H3/q+2;2*+1. The van der Waals surface area contributed by atoms with Crippen LogP contribution >= 0.6 is 0 Å². The van der Waals surface area contributed by atoms with Crippen LogP contribution in [0.25, 0.3) is 0 Å². The molecule has 0 aliphatic carbocycles. The van der Waals surface area contributed by atoms with Crippen molar-refractivity contribution in [3.05, 3.63) is 24.4 Å². The Bertz CT molecular complexity index is 697. The highest BCUT2D eigenvalue weighted by Crippen LogP contribution is 2.42. The van der Waals surface area contributed by atoms with Crippen LogP contribution in [0.3, 0.4) is 0 Å². The SMILES string of the molecule is CC(C)(C)[N+]12CC[N+](C)(C1)C2.CC(C)(C)[N+]1=CC=CC1.CC(C)(C)[N+]1=CCC=C1. The van der Waals surface area contributed by atoms with E-state index in [4.69, 9.17) is 0 Å². The molecule has 5 heterocycles. The molecule has 0 aromatic rings. The highest BCUT2D eigenvalue weighted by molar-refractivity contribution is 5.67. The molecule has 0 atom stereocenters. The molecule has 4 nitrogen and oxygen atoms in total. The van der Waals surface area contributed by atoms with E-state index >= 15 is 0 Å². The van der Waals surface area contributed by atoms with Gasteiger partial charge in [0.25, 0.3) is 0 Å². The first kappa shape index (κ1) is 24.0. The third kappa shape index (κ3) is 5.88. The van der Waals surface area contributed by atoms with Crippen molar-refractivity contribution in [2.75, 3.05) is 40.0 Å². The molecule has 0 amide bonds. The lowest BCUT2D eigenvalue weighted by Gasteiger charge is -2.52. The summed E-state index contributed by atoms with van der Waals surface area (Å²) >= 11 is 0. The monoisotopic (exact) mass is 404 g/mol. The molecular weight excluding hydrogens is 356 g/mol. The Morgan fingerprint density at radius 3 is 1.62 bits per heavy atom. The van der Waals surface area contributed by atoms with Crippen molar-refractivity contribution >= 4 is 12.4 Å². The number of rotatable bonds is 0. The molecule has 5 rings (SSSR count). The molecule has 29 heavy (non-hydrogen) atoms. The van der Waals surface area contributed by atoms with Gasteiger partial charge < -0.3 is 0 Å². The molecule has 0 aromatic carbocycles. The molecule has 3 fully saturated rings. The molecule has 4 heteroatoms. The molecule has 0 radical (unpaired) electrons. The zero-order valence-corrected chi connectivity index (χ0v) is 21.0. The van der Waals surface area contributed by atoms with E-state index in [1.54, 1.807) is 0 Å². The van der Waals surface area contributed by atoms with Gasteiger partial charge in [0, 0.05) is 33.3 Å². The maximum Gasteiger partial charge on any atom is 0.216 e. The number of nitrogens with zero attached hydrogens (tertiary/aromatic N) is 4. The van der Waals surface area contributed by atoms with E-state index < -0.39 is 0 Å². The number of quaternary nitrogens is 2. The Morgan fingerprint density at radius 2 is 1.41 bits per heavy atom. The van der Waals surface area contributed by atoms with Gasteiger partial charge in [-0.05, 0) is 53.7 Å². The van der Waals surface area contributed by atoms with Crippen LogP contribution in [0.2, 0.25) is 0 Å². The lowest BCUT2D eigenvalue weighted by molar-refractivity contribution is -1.23. The lowest BCUT2D eigenvalue weighted by Crippen LogP contribution is -2.74. The van der Waals surface area contributed by atoms with Crippen LogP contribution in [0.15, 0.2) is 24.4 Å². The van der Waals surface area contributed by atoms with E-state index in [0.717, 1.165) is 13.0 Å². The Hall–Kier alpha value is -1.26. The van der Waals surface area contributed by atoms with Crippen molar-refractivity contribution in [1.82, 2.24) is 0 Å². The van der Waals surface area contributed by atoms with Crippen LogP contribution in [-0.2, 0) is 0 Å². The maximum atomic E-state index is 2.38. The quantitative estimate of drug-likeness (QED) is 0.421. The molecule has 0 N–H and O–H groups in total. The minimum atomic E-state index is 0.271. The summed E-state index contributed by atoms with van der Waals surface area (Å²) in [6.45, 7) is 27.0. The van der Waals surface area contributed by atoms with Crippen molar-refractivity contribution in [3.8, 4) is 0 Å². The Morgan fingerprint density at radius 1 is 0.793 bits per heavy atom. The second kappa shape index (κ2) is 8.11. The van der Waals surface area contributed by atoms with Gasteiger partial charge in [-0.1, -0.05) is 0 Å². The summed E-state index contributed by atoms with van der Waals surface area (Å²) in [7, 11) is 2.38. The topological polar surface area (TPSA) is 6.02 Å². The van der Waals surface area contributed by atoms with E-state index in [1.165, 1.54) is 35.4 Å². The molecule has 2 bridgehead atoms. The predicted octanol–water partition coefficient (Wildman–Crippen LogP) is 4.21. The van der Waals surface area contributed by atoms with Gasteiger partial charge in [-0.2, -0.15) is 0 Å². The largest absolute Gasteiger partial charge is 0.229 e. The Labute approximate surface area is 180 Å². The predicted molar refractivity (Wildman–Crippen MR) is 126 cm³/mol. The number of fused-ring (bicyclic) bond motifs is 1. The summed E-state index contributed by atoms with van der Waals surface area (Å²) in [5.41, 5.74) is 1.05. The number of likely N-dealkylation sites (N-methyl/N-ethyl adjacent to an activating group) is 1. The zero-order chi connectivity index (χ0) is 22.1. The first-order valence-electron chi connectivity index (χ1n) is 11.3. The van der Waals surface area contributed by atoms with Gasteiger partial charge in [0.1, 0.15) is 19.3 Å². The molecule has 5 aliphatic rings. The first-order chi connectivity index (χ1) is 13.1. The lowest BCUT2D eigenvalue weighted by atomic mass is 10.0. The smallest absolute Gasteiger partial charge is 0.216 e. The molecule has 0 saturated carbocycles. The molecule has 0 unspecified atom stereocenters. The van der Waals surface area contributed by atoms with Crippen LogP contribution in [0.5, 0.6) is 0 Å². The van der Waals surface area contributed by atoms with Crippen molar-refractivity contribution in [2.45, 2.75) is 85.4 Å². The van der Waals surface area contributed by atoms with E-state index in [2.05, 4.69) is 115 Å². The van der Waals surface area contributed by atoms with Gasteiger partial charge in [0.05, 0.1) is 12.6 Å². The molecule has 3 saturated heterocycles. The molecule has 5 aliphatic heterocycles. The third-order valence-electron chi connectivity index (χ3n) is 6.76. The van der Waals surface area contributed by atoms with Gasteiger partial charge in [-0.3, -0.25) is 0 Å². The summed E-state index contributed by atoms with van der Waals surface area (Å²) in [6.07, 6.45) is 14.0. The van der Waals surface area contributed by atoms with Gasteiger partial charge in [-0.15, -0.1) is 0 Å². The van der Waals surface area contributed by atoms with E-state index in [-0.39, 0.29) is 5.54 Å². The van der Waals surface area contributed by atoms with Crippen LogP contribution < -0.4 is 0 Å². The number of hydrogen-bond acceptors (Lipinski definition) is 0. The second-order valence-corrected chi connectivity index (χ2v) is 12.4. The average molecular weight is 405 g/mol. The summed E-state index contributed by atoms with van der Waals surface area (Å²) in [5, 5.41) is 0. The van der Waals surface area contributed by atoms with Crippen LogP contribution in [-0.4, -0.2) is 87.2 Å². The maximum absolute atomic E-state index is 2.38. The van der Waals surface area contributed by atoms with Gasteiger partial charge in [0.15, 0.2) is 30.0 Å². The minimum Gasteiger partial charge on any atom is -0.229 e. The van der Waals surface area contributed by atoms with Crippen molar-refractivity contribution in [2.24, 2.45) is 0 Å². The fraction of sp³-hybridized carbons (Fsp3) is 0.760. The second-order valence-electron chi connectivity index (χ2n) is 12.4. The van der Waals surface area contributed by atoms with Crippen molar-refractivity contribution in [1.29, 1.82) is 0 Å². The fourth-order valence-corrected chi connectivity index (χ4v) is 4.55. The Kier molecular flexibility index (Phi) is 6.72. The Balaban J connectivity index is 0.000000157. The number of hydrogen-bond donors (Lipinski definition) is 0. The molecule has 0 spiro atoms. The summed E-state index contributed by atoms with van der Waals surface area (Å²) < 4.78 is 7.25. The minimum absolute atomic E-state index is 0.271. The summed E-state index contributed by atoms with van der Waals surface area (Å²) in [6, 6.07) is 0. The highest BCUT2D eigenvalue weighted by atomic mass is 15.8. The van der Waals surface area contributed by atoms with Crippen LogP contribution in [0.4, 0.5) is 0 Å². The summed E-state index contributed by atoms with van der Waals surface area (Å²) in [5.74, 6) is 0. The van der Waals surface area contributed by atoms with Crippen molar-refractivity contribution < 1.29 is 18.1 Å². The van der Waals surface area contributed by atoms with E-state index in [0.29, 0.717) is 11.1 Å². The van der Waals surface area contributed by atoms with Gasteiger partial charge in [-0.25, -0.2) is 18.1 Å². The fourth-order valence-electron chi connectivity index (χ4n) is 4.55. The summed E-state index contributed by atoms with van der Waals surface area (Å²) in [4.78, 5) is 0. The molecule has 0 aromatic heterocycles. The third-order valence-corrected chi connectivity index (χ3v) is 6.76. The van der Waals surface area contributed by atoms with Gasteiger partial charge >= 0.3 is 0 Å². The van der Waals surface area contributed by atoms with Crippen LogP contribution in [0.1, 0.15) is 68.7 Å². The van der Waals surface area contributed by atoms with Crippen LogP contribution in [0, 0.1) is 0 Å². The zero-order valence-electron chi connectivity index (χ0n) is 21.0. The number of allylic oxidation sites excluding steroid dienone is 2. The van der Waals surface area contributed by atoms with Gasteiger partial charge in [0.2, 0.25) is 13.3 Å². The first-order valence-corrected chi connectivity index (χ1v) is 11.3. The average Bonchev–Trinajstić information content (AvgIpc) is 3.30. The normalized spacial score (nSPS) is 30.0. The van der Waals surface area contributed by atoms with Crippen molar-refractivity contribution in [3.63, 3.8) is 0 Å². The highest BCUT2D eigenvalue weighted by Gasteiger charge is 2.65. The molecular formula is C25H48N4+4.